The zero-order chi connectivity index (χ0) is 13.4. The second-order valence-corrected chi connectivity index (χ2v) is 5.99. The van der Waals surface area contributed by atoms with Crippen molar-refractivity contribution in [3.63, 3.8) is 0 Å². The molecular weight excluding hydrogens is 256 g/mol. The highest BCUT2D eigenvalue weighted by Gasteiger charge is 2.25. The molecule has 1 aliphatic rings. The Morgan fingerprint density at radius 2 is 2.11 bits per heavy atom. The number of benzene rings is 1. The fourth-order valence-corrected chi connectivity index (χ4v) is 3.61. The van der Waals surface area contributed by atoms with E-state index in [0.717, 1.165) is 25.2 Å². The summed E-state index contributed by atoms with van der Waals surface area (Å²) in [6.07, 6.45) is 1.10. The molecule has 2 heterocycles. The Kier molecular flexibility index (Phi) is 3.19. The summed E-state index contributed by atoms with van der Waals surface area (Å²) in [6, 6.07) is 9.09. The molecule has 0 bridgehead atoms. The average molecular weight is 274 g/mol. The van der Waals surface area contributed by atoms with E-state index in [-0.39, 0.29) is 4.87 Å². The lowest BCUT2D eigenvalue weighted by atomic mass is 10.1. The number of nitrogens with zero attached hydrogens (tertiary/aromatic N) is 2. The van der Waals surface area contributed by atoms with Crippen molar-refractivity contribution < 1.29 is 0 Å². The molecule has 0 aliphatic carbocycles. The van der Waals surface area contributed by atoms with Crippen LogP contribution in [0.4, 0.5) is 5.69 Å². The number of fused-ring (bicyclic) bond motifs is 1. The predicted molar refractivity (Wildman–Crippen MR) is 80.3 cm³/mol. The maximum Gasteiger partial charge on any atom is 0.307 e. The molecule has 4 heteroatoms. The summed E-state index contributed by atoms with van der Waals surface area (Å²) in [5.41, 5.74) is 3.82. The Balaban J connectivity index is 1.79. The van der Waals surface area contributed by atoms with E-state index < -0.39 is 0 Å². The van der Waals surface area contributed by atoms with Gasteiger partial charge in [-0.25, -0.2) is 0 Å². The SMILES string of the molecule is Cc1csc(=O)n1CCN1c2ccccc2C[C@@H]1C. The number of rotatable bonds is 3. The molecule has 0 fully saturated rings. The third-order valence-electron chi connectivity index (χ3n) is 3.89. The van der Waals surface area contributed by atoms with Crippen LogP contribution in [-0.2, 0) is 13.0 Å². The number of hydrogen-bond donors (Lipinski definition) is 0. The summed E-state index contributed by atoms with van der Waals surface area (Å²) in [4.78, 5) is 14.3. The third kappa shape index (κ3) is 2.21. The van der Waals surface area contributed by atoms with Crippen molar-refractivity contribution in [2.24, 2.45) is 0 Å². The molecule has 1 aliphatic heterocycles. The zero-order valence-corrected chi connectivity index (χ0v) is 12.1. The predicted octanol–water partition coefficient (Wildman–Crippen LogP) is 2.67. The Labute approximate surface area is 117 Å². The molecule has 3 nitrogen and oxygen atoms in total. The topological polar surface area (TPSA) is 25.2 Å². The molecule has 0 N–H and O–H groups in total. The third-order valence-corrected chi connectivity index (χ3v) is 4.77. The second-order valence-electron chi connectivity index (χ2n) is 5.17. The number of hydrogen-bond acceptors (Lipinski definition) is 3. The van der Waals surface area contributed by atoms with Crippen LogP contribution in [0, 0.1) is 6.92 Å². The Hall–Kier alpha value is -1.55. The Morgan fingerprint density at radius 1 is 1.32 bits per heavy atom. The molecule has 0 amide bonds. The summed E-state index contributed by atoms with van der Waals surface area (Å²) >= 11 is 1.29. The quantitative estimate of drug-likeness (QED) is 0.860. The summed E-state index contributed by atoms with van der Waals surface area (Å²) in [5, 5.41) is 1.93. The molecule has 0 unspecified atom stereocenters. The highest BCUT2D eigenvalue weighted by molar-refractivity contribution is 7.07. The normalized spacial score (nSPS) is 17.8. The summed E-state index contributed by atoms with van der Waals surface area (Å²) < 4.78 is 1.87. The maximum absolute atomic E-state index is 11.7. The monoisotopic (exact) mass is 274 g/mol. The lowest BCUT2D eigenvalue weighted by Crippen LogP contribution is -2.34. The molecule has 0 saturated heterocycles. The number of anilines is 1. The van der Waals surface area contributed by atoms with Crippen molar-refractivity contribution in [2.75, 3.05) is 11.4 Å². The van der Waals surface area contributed by atoms with Crippen molar-refractivity contribution >= 4 is 17.0 Å². The minimum atomic E-state index is 0.151. The Morgan fingerprint density at radius 3 is 2.84 bits per heavy atom. The largest absolute Gasteiger partial charge is 0.366 e. The molecule has 100 valence electrons. The molecule has 0 spiro atoms. The van der Waals surface area contributed by atoms with Crippen LogP contribution >= 0.6 is 11.3 Å². The van der Waals surface area contributed by atoms with Gasteiger partial charge in [0.1, 0.15) is 0 Å². The van der Waals surface area contributed by atoms with E-state index >= 15 is 0 Å². The fourth-order valence-electron chi connectivity index (χ4n) is 2.85. The molecule has 2 aromatic rings. The molecular formula is C15H18N2OS. The molecule has 19 heavy (non-hydrogen) atoms. The van der Waals surface area contributed by atoms with E-state index in [4.69, 9.17) is 0 Å². The van der Waals surface area contributed by atoms with Gasteiger partial charge in [0.25, 0.3) is 0 Å². The van der Waals surface area contributed by atoms with Crippen molar-refractivity contribution in [1.29, 1.82) is 0 Å². The fraction of sp³-hybridized carbons (Fsp3) is 0.400. The lowest BCUT2D eigenvalue weighted by molar-refractivity contribution is 0.596. The van der Waals surface area contributed by atoms with Crippen LogP contribution in [0.2, 0.25) is 0 Å². The molecule has 1 aromatic heterocycles. The highest BCUT2D eigenvalue weighted by atomic mass is 32.1. The van der Waals surface area contributed by atoms with E-state index in [1.54, 1.807) is 0 Å². The summed E-state index contributed by atoms with van der Waals surface area (Å²) in [7, 11) is 0. The van der Waals surface area contributed by atoms with Crippen LogP contribution in [0.5, 0.6) is 0 Å². The van der Waals surface area contributed by atoms with Crippen LogP contribution in [0.1, 0.15) is 18.2 Å². The van der Waals surface area contributed by atoms with E-state index in [1.807, 2.05) is 16.9 Å². The van der Waals surface area contributed by atoms with Crippen molar-refractivity contribution in [3.8, 4) is 0 Å². The van der Waals surface area contributed by atoms with Crippen molar-refractivity contribution in [2.45, 2.75) is 32.9 Å². The van der Waals surface area contributed by atoms with E-state index in [9.17, 15) is 4.79 Å². The standard InChI is InChI=1S/C15H18N2OS/c1-11-9-13-5-3-4-6-14(13)16(11)7-8-17-12(2)10-19-15(17)18/h3-6,10-11H,7-9H2,1-2H3/t11-/m0/s1. The molecule has 0 saturated carbocycles. The molecule has 1 atom stereocenters. The first-order valence-electron chi connectivity index (χ1n) is 6.66. The van der Waals surface area contributed by atoms with Crippen LogP contribution in [0.15, 0.2) is 34.4 Å². The van der Waals surface area contributed by atoms with Gasteiger partial charge in [-0.2, -0.15) is 0 Å². The van der Waals surface area contributed by atoms with Gasteiger partial charge in [0.2, 0.25) is 0 Å². The first kappa shape index (κ1) is 12.5. The van der Waals surface area contributed by atoms with Gasteiger partial charge in [-0.1, -0.05) is 29.5 Å². The smallest absolute Gasteiger partial charge is 0.307 e. The van der Waals surface area contributed by atoms with Gasteiger partial charge in [0, 0.05) is 35.9 Å². The van der Waals surface area contributed by atoms with Gasteiger partial charge in [-0.3, -0.25) is 4.79 Å². The molecule has 1 aromatic carbocycles. The van der Waals surface area contributed by atoms with Crippen molar-refractivity contribution in [1.82, 2.24) is 4.57 Å². The zero-order valence-electron chi connectivity index (χ0n) is 11.3. The van der Waals surface area contributed by atoms with Gasteiger partial charge < -0.3 is 9.47 Å². The van der Waals surface area contributed by atoms with Gasteiger partial charge >= 0.3 is 4.87 Å². The Bertz CT molecular complexity index is 644. The highest BCUT2D eigenvalue weighted by Crippen LogP contribution is 2.31. The van der Waals surface area contributed by atoms with Crippen LogP contribution in [0.25, 0.3) is 0 Å². The first-order valence-corrected chi connectivity index (χ1v) is 7.54. The van der Waals surface area contributed by atoms with Gasteiger partial charge in [0.05, 0.1) is 0 Å². The minimum absolute atomic E-state index is 0.151. The second kappa shape index (κ2) is 4.85. The van der Waals surface area contributed by atoms with E-state index in [0.29, 0.717) is 6.04 Å². The van der Waals surface area contributed by atoms with Crippen LogP contribution in [-0.4, -0.2) is 17.2 Å². The van der Waals surface area contributed by atoms with Gasteiger partial charge in [0.15, 0.2) is 0 Å². The maximum atomic E-state index is 11.7. The minimum Gasteiger partial charge on any atom is -0.366 e. The number of thiazole rings is 1. The van der Waals surface area contributed by atoms with Crippen LogP contribution < -0.4 is 9.77 Å². The number of para-hydroxylation sites is 1. The van der Waals surface area contributed by atoms with Crippen molar-refractivity contribution in [3.05, 3.63) is 50.6 Å². The summed E-state index contributed by atoms with van der Waals surface area (Å²) in [5.74, 6) is 0. The van der Waals surface area contributed by atoms with Gasteiger partial charge in [-0.05, 0) is 31.9 Å². The lowest BCUT2D eigenvalue weighted by Gasteiger charge is -2.25. The number of aryl methyl sites for hydroxylation is 1. The first-order chi connectivity index (χ1) is 9.16. The molecule has 0 radical (unpaired) electrons. The van der Waals surface area contributed by atoms with E-state index in [2.05, 4.69) is 36.1 Å². The number of aromatic nitrogens is 1. The summed E-state index contributed by atoms with van der Waals surface area (Å²) in [6.45, 7) is 5.92. The van der Waals surface area contributed by atoms with Gasteiger partial charge in [-0.15, -0.1) is 0 Å². The average Bonchev–Trinajstić information content (AvgIpc) is 2.88. The van der Waals surface area contributed by atoms with E-state index in [1.165, 1.54) is 22.6 Å². The van der Waals surface area contributed by atoms with Crippen LogP contribution in [0.3, 0.4) is 0 Å². The molecule has 3 rings (SSSR count).